The van der Waals surface area contributed by atoms with Crippen LogP contribution in [-0.4, -0.2) is 32.3 Å². The zero-order valence-electron chi connectivity index (χ0n) is 17.7. The largest absolute Gasteiger partial charge is 0.463 e. The molecule has 0 radical (unpaired) electrons. The Morgan fingerprint density at radius 1 is 1.00 bits per heavy atom. The summed E-state index contributed by atoms with van der Waals surface area (Å²) < 4.78 is 20.9. The third-order valence-electron chi connectivity index (χ3n) is 4.85. The normalized spacial score (nSPS) is 10.8. The van der Waals surface area contributed by atoms with Gasteiger partial charge in [-0.3, -0.25) is 4.79 Å². The summed E-state index contributed by atoms with van der Waals surface area (Å²) >= 11 is 0. The summed E-state index contributed by atoms with van der Waals surface area (Å²) in [5.41, 5.74) is 2.39. The van der Waals surface area contributed by atoms with Crippen LogP contribution in [0.25, 0.3) is 11.0 Å². The standard InChI is InChI=1S/C24H24O7/c1-15-6-4-5-7-18(15)24(27)31-20-14-21-19(16(2)12-23(26)30-21)13-17(20)8-9-22(25)29-11-10-28-3/h4-7,12-14H,8-11H2,1-3H3. The number of carbonyl (C=O) groups is 2. The first-order valence-electron chi connectivity index (χ1n) is 9.89. The molecule has 2 aromatic carbocycles. The van der Waals surface area contributed by atoms with E-state index in [4.69, 9.17) is 18.6 Å². The third kappa shape index (κ3) is 5.58. The predicted molar refractivity (Wildman–Crippen MR) is 115 cm³/mol. The predicted octanol–water partition coefficient (Wildman–Crippen LogP) is 3.75. The van der Waals surface area contributed by atoms with Crippen LogP contribution in [-0.2, 0) is 20.7 Å². The number of hydrogen-bond acceptors (Lipinski definition) is 7. The minimum atomic E-state index is -0.531. The molecule has 0 aliphatic heterocycles. The molecule has 1 aromatic heterocycles. The van der Waals surface area contributed by atoms with Gasteiger partial charge >= 0.3 is 17.6 Å². The Balaban J connectivity index is 1.92. The fraction of sp³-hybridized carbons (Fsp3) is 0.292. The molecule has 0 bridgehead atoms. The van der Waals surface area contributed by atoms with Gasteiger partial charge in [0.1, 0.15) is 17.9 Å². The summed E-state index contributed by atoms with van der Waals surface area (Å²) in [4.78, 5) is 36.6. The highest BCUT2D eigenvalue weighted by Crippen LogP contribution is 2.29. The number of carbonyl (C=O) groups excluding carboxylic acids is 2. The van der Waals surface area contributed by atoms with Crippen LogP contribution in [0.1, 0.15) is 33.5 Å². The van der Waals surface area contributed by atoms with E-state index in [1.165, 1.54) is 19.2 Å². The fourth-order valence-corrected chi connectivity index (χ4v) is 3.19. The number of hydrogen-bond donors (Lipinski definition) is 0. The SMILES string of the molecule is COCCOC(=O)CCc1cc2c(C)cc(=O)oc2cc1OC(=O)c1ccccc1C. The fourth-order valence-electron chi connectivity index (χ4n) is 3.19. The van der Waals surface area contributed by atoms with E-state index in [0.717, 1.165) is 11.1 Å². The minimum Gasteiger partial charge on any atom is -0.463 e. The maximum absolute atomic E-state index is 12.7. The lowest BCUT2D eigenvalue weighted by Gasteiger charge is -2.13. The molecule has 0 amide bonds. The van der Waals surface area contributed by atoms with Gasteiger partial charge in [0.25, 0.3) is 0 Å². The molecule has 0 saturated carbocycles. The molecule has 0 aliphatic carbocycles. The van der Waals surface area contributed by atoms with Gasteiger partial charge in [-0.1, -0.05) is 18.2 Å². The molecule has 0 atom stereocenters. The van der Waals surface area contributed by atoms with Crippen LogP contribution in [0.3, 0.4) is 0 Å². The smallest absolute Gasteiger partial charge is 0.343 e. The van der Waals surface area contributed by atoms with Gasteiger partial charge in [0.2, 0.25) is 0 Å². The van der Waals surface area contributed by atoms with Crippen LogP contribution in [0.5, 0.6) is 5.75 Å². The van der Waals surface area contributed by atoms with Crippen LogP contribution in [0.2, 0.25) is 0 Å². The van der Waals surface area contributed by atoms with Gasteiger partial charge in [0, 0.05) is 31.0 Å². The van der Waals surface area contributed by atoms with Crippen molar-refractivity contribution in [1.29, 1.82) is 0 Å². The second-order valence-electron chi connectivity index (χ2n) is 7.12. The van der Waals surface area contributed by atoms with Gasteiger partial charge in [-0.25, -0.2) is 9.59 Å². The molecule has 0 aliphatic rings. The lowest BCUT2D eigenvalue weighted by Crippen LogP contribution is -2.13. The van der Waals surface area contributed by atoms with E-state index < -0.39 is 11.6 Å². The Morgan fingerprint density at radius 3 is 2.52 bits per heavy atom. The van der Waals surface area contributed by atoms with Crippen molar-refractivity contribution >= 4 is 22.9 Å². The van der Waals surface area contributed by atoms with E-state index in [1.54, 1.807) is 25.1 Å². The van der Waals surface area contributed by atoms with Gasteiger partial charge in [-0.05, 0) is 49.1 Å². The summed E-state index contributed by atoms with van der Waals surface area (Å²) in [5, 5.41) is 0.707. The Hall–Kier alpha value is -3.45. The van der Waals surface area contributed by atoms with Crippen molar-refractivity contribution in [2.75, 3.05) is 20.3 Å². The first-order chi connectivity index (χ1) is 14.9. The molecule has 162 valence electrons. The molecule has 0 unspecified atom stereocenters. The highest BCUT2D eigenvalue weighted by atomic mass is 16.6. The molecule has 0 N–H and O–H groups in total. The molecule has 7 nitrogen and oxygen atoms in total. The summed E-state index contributed by atoms with van der Waals surface area (Å²) in [5.74, 6) is -0.680. The third-order valence-corrected chi connectivity index (χ3v) is 4.85. The van der Waals surface area contributed by atoms with E-state index >= 15 is 0 Å². The zero-order chi connectivity index (χ0) is 22.4. The first-order valence-corrected chi connectivity index (χ1v) is 9.89. The quantitative estimate of drug-likeness (QED) is 0.235. The van der Waals surface area contributed by atoms with Crippen LogP contribution < -0.4 is 10.4 Å². The van der Waals surface area contributed by atoms with Crippen molar-refractivity contribution < 1.29 is 28.2 Å². The van der Waals surface area contributed by atoms with E-state index in [1.807, 2.05) is 19.1 Å². The highest BCUT2D eigenvalue weighted by molar-refractivity contribution is 5.93. The molecule has 0 spiro atoms. The average molecular weight is 424 g/mol. The van der Waals surface area contributed by atoms with Crippen molar-refractivity contribution in [2.24, 2.45) is 0 Å². The molecule has 0 saturated heterocycles. The monoisotopic (exact) mass is 424 g/mol. The number of aryl methyl sites for hydroxylation is 3. The van der Waals surface area contributed by atoms with E-state index in [9.17, 15) is 14.4 Å². The van der Waals surface area contributed by atoms with Gasteiger partial charge in [-0.2, -0.15) is 0 Å². The first kappa shape index (κ1) is 22.2. The second-order valence-corrected chi connectivity index (χ2v) is 7.12. The van der Waals surface area contributed by atoms with Crippen LogP contribution in [0.15, 0.2) is 51.7 Å². The maximum Gasteiger partial charge on any atom is 0.343 e. The molecular weight excluding hydrogens is 400 g/mol. The number of rotatable bonds is 8. The van der Waals surface area contributed by atoms with Crippen molar-refractivity contribution in [3.8, 4) is 5.75 Å². The van der Waals surface area contributed by atoms with Crippen LogP contribution in [0.4, 0.5) is 0 Å². The van der Waals surface area contributed by atoms with Crippen LogP contribution >= 0.6 is 0 Å². The highest BCUT2D eigenvalue weighted by Gasteiger charge is 2.17. The Morgan fingerprint density at radius 2 is 1.77 bits per heavy atom. The Bertz CT molecular complexity index is 1160. The summed E-state index contributed by atoms with van der Waals surface area (Å²) in [6.07, 6.45) is 0.386. The summed E-state index contributed by atoms with van der Waals surface area (Å²) in [7, 11) is 1.53. The number of benzene rings is 2. The molecule has 1 heterocycles. The number of methoxy groups -OCH3 is 1. The molecular formula is C24H24O7. The Labute approximate surface area is 179 Å². The minimum absolute atomic E-state index is 0.0972. The molecule has 3 rings (SSSR count). The Kier molecular flexibility index (Phi) is 7.20. The number of esters is 2. The van der Waals surface area contributed by atoms with Crippen LogP contribution in [0, 0.1) is 13.8 Å². The van der Waals surface area contributed by atoms with E-state index in [2.05, 4.69) is 0 Å². The van der Waals surface area contributed by atoms with Gasteiger partial charge in [0.15, 0.2) is 0 Å². The van der Waals surface area contributed by atoms with Gasteiger partial charge in [-0.15, -0.1) is 0 Å². The molecule has 0 fully saturated rings. The lowest BCUT2D eigenvalue weighted by atomic mass is 10.0. The number of ether oxygens (including phenoxy) is 3. The van der Waals surface area contributed by atoms with E-state index in [-0.39, 0.29) is 31.2 Å². The van der Waals surface area contributed by atoms with Crippen molar-refractivity contribution in [2.45, 2.75) is 26.7 Å². The number of fused-ring (bicyclic) bond motifs is 1. The van der Waals surface area contributed by atoms with Gasteiger partial charge in [0.05, 0.1) is 12.2 Å². The summed E-state index contributed by atoms with van der Waals surface area (Å²) in [6, 6.07) is 11.8. The lowest BCUT2D eigenvalue weighted by molar-refractivity contribution is -0.144. The van der Waals surface area contributed by atoms with Crippen molar-refractivity contribution in [3.63, 3.8) is 0 Å². The van der Waals surface area contributed by atoms with Crippen molar-refractivity contribution in [1.82, 2.24) is 0 Å². The molecule has 7 heteroatoms. The topological polar surface area (TPSA) is 92.0 Å². The molecule has 3 aromatic rings. The zero-order valence-corrected chi connectivity index (χ0v) is 17.7. The second kappa shape index (κ2) is 10.0. The maximum atomic E-state index is 12.7. The van der Waals surface area contributed by atoms with Crippen molar-refractivity contribution in [3.05, 3.63) is 75.1 Å². The average Bonchev–Trinajstić information content (AvgIpc) is 2.72. The van der Waals surface area contributed by atoms with Gasteiger partial charge < -0.3 is 18.6 Å². The summed E-state index contributed by atoms with van der Waals surface area (Å²) in [6.45, 7) is 4.10. The van der Waals surface area contributed by atoms with E-state index in [0.29, 0.717) is 28.7 Å². The molecule has 31 heavy (non-hydrogen) atoms.